The maximum atomic E-state index is 12.4. The molecular weight excluding hydrogens is 396 g/mol. The summed E-state index contributed by atoms with van der Waals surface area (Å²) in [6, 6.07) is 4.88. The van der Waals surface area contributed by atoms with Gasteiger partial charge in [0.05, 0.1) is 22.3 Å². The standard InChI is InChI=1S/C19H28N4O5S/c1-5-6-11-23-16-8-7-14(29(26,27)22(3)4)12-15(16)21-17(23)9-10-19(25)28-13-18(24)20-2/h7-8,12H,5-6,9-11,13H2,1-4H3,(H,20,24). The molecule has 0 spiro atoms. The fraction of sp³-hybridized carbons (Fsp3) is 0.526. The van der Waals surface area contributed by atoms with Gasteiger partial charge < -0.3 is 14.6 Å². The van der Waals surface area contributed by atoms with E-state index in [4.69, 9.17) is 4.74 Å². The number of sulfonamides is 1. The van der Waals surface area contributed by atoms with Crippen LogP contribution in [0.2, 0.25) is 0 Å². The number of hydrogen-bond acceptors (Lipinski definition) is 6. The van der Waals surface area contributed by atoms with E-state index in [9.17, 15) is 18.0 Å². The molecule has 1 aromatic heterocycles. The van der Waals surface area contributed by atoms with Gasteiger partial charge in [-0.2, -0.15) is 0 Å². The first-order valence-electron chi connectivity index (χ1n) is 9.48. The quantitative estimate of drug-likeness (QED) is 0.576. The fourth-order valence-corrected chi connectivity index (χ4v) is 3.71. The summed E-state index contributed by atoms with van der Waals surface area (Å²) in [6.07, 6.45) is 2.33. The van der Waals surface area contributed by atoms with Gasteiger partial charge in [-0.25, -0.2) is 17.7 Å². The molecule has 0 bridgehead atoms. The van der Waals surface area contributed by atoms with Crippen molar-refractivity contribution < 1.29 is 22.7 Å². The van der Waals surface area contributed by atoms with Gasteiger partial charge in [-0.15, -0.1) is 0 Å². The molecule has 10 heteroatoms. The number of benzene rings is 1. The van der Waals surface area contributed by atoms with Crippen LogP contribution in [0.5, 0.6) is 0 Å². The smallest absolute Gasteiger partial charge is 0.306 e. The van der Waals surface area contributed by atoms with Crippen LogP contribution < -0.4 is 5.32 Å². The summed E-state index contributed by atoms with van der Waals surface area (Å²) in [5.74, 6) is -0.175. The minimum atomic E-state index is -3.56. The van der Waals surface area contributed by atoms with Gasteiger partial charge in [0.2, 0.25) is 10.0 Å². The van der Waals surface area contributed by atoms with Gasteiger partial charge in [-0.1, -0.05) is 13.3 Å². The zero-order valence-corrected chi connectivity index (χ0v) is 18.1. The lowest BCUT2D eigenvalue weighted by molar-refractivity contribution is -0.148. The number of rotatable bonds is 10. The van der Waals surface area contributed by atoms with E-state index in [0.29, 0.717) is 17.8 Å². The van der Waals surface area contributed by atoms with Gasteiger partial charge >= 0.3 is 5.97 Å². The molecule has 0 fully saturated rings. The Morgan fingerprint density at radius 2 is 2.00 bits per heavy atom. The van der Waals surface area contributed by atoms with E-state index in [0.717, 1.165) is 29.2 Å². The normalized spacial score (nSPS) is 11.8. The van der Waals surface area contributed by atoms with Gasteiger partial charge in [0.15, 0.2) is 6.61 Å². The summed E-state index contributed by atoms with van der Waals surface area (Å²) in [5, 5.41) is 2.38. The number of nitrogens with zero attached hydrogens (tertiary/aromatic N) is 3. The van der Waals surface area contributed by atoms with Crippen molar-refractivity contribution in [1.82, 2.24) is 19.2 Å². The average molecular weight is 425 g/mol. The van der Waals surface area contributed by atoms with E-state index in [2.05, 4.69) is 17.2 Å². The molecule has 0 aliphatic rings. The van der Waals surface area contributed by atoms with Crippen molar-refractivity contribution >= 4 is 32.9 Å². The van der Waals surface area contributed by atoms with Gasteiger partial charge in [-0.05, 0) is 24.6 Å². The first-order chi connectivity index (χ1) is 13.7. The zero-order chi connectivity index (χ0) is 21.6. The molecular formula is C19H28N4O5S. The molecule has 0 atom stereocenters. The van der Waals surface area contributed by atoms with E-state index in [-0.39, 0.29) is 23.8 Å². The number of carbonyl (C=O) groups is 2. The number of hydrogen-bond donors (Lipinski definition) is 1. The lowest BCUT2D eigenvalue weighted by Crippen LogP contribution is -2.25. The molecule has 160 valence electrons. The number of esters is 1. The van der Waals surface area contributed by atoms with Crippen molar-refractivity contribution in [3.8, 4) is 0 Å². The number of aromatic nitrogens is 2. The van der Waals surface area contributed by atoms with Crippen LogP contribution in [-0.2, 0) is 37.3 Å². The molecule has 0 aliphatic carbocycles. The summed E-state index contributed by atoms with van der Waals surface area (Å²) in [6.45, 7) is 2.49. The monoisotopic (exact) mass is 424 g/mol. The summed E-state index contributed by atoms with van der Waals surface area (Å²) in [5.41, 5.74) is 1.39. The molecule has 0 radical (unpaired) electrons. The van der Waals surface area contributed by atoms with Crippen LogP contribution in [0.25, 0.3) is 11.0 Å². The summed E-state index contributed by atoms with van der Waals surface area (Å²) in [7, 11) is 0.871. The number of unbranched alkanes of at least 4 members (excludes halogenated alkanes) is 1. The van der Waals surface area contributed by atoms with Gasteiger partial charge in [0.1, 0.15) is 5.82 Å². The van der Waals surface area contributed by atoms with Gasteiger partial charge in [0, 0.05) is 34.1 Å². The number of ether oxygens (including phenoxy) is 1. The van der Waals surface area contributed by atoms with Crippen LogP contribution in [0.4, 0.5) is 0 Å². The van der Waals surface area contributed by atoms with Crippen molar-refractivity contribution in [3.05, 3.63) is 24.0 Å². The third kappa shape index (κ3) is 5.54. The number of nitrogens with one attached hydrogen (secondary N) is 1. The zero-order valence-electron chi connectivity index (χ0n) is 17.3. The lowest BCUT2D eigenvalue weighted by atomic mass is 10.2. The maximum absolute atomic E-state index is 12.4. The van der Waals surface area contributed by atoms with E-state index >= 15 is 0 Å². The lowest BCUT2D eigenvalue weighted by Gasteiger charge is -2.11. The molecule has 0 saturated carbocycles. The number of imidazole rings is 1. The second-order valence-corrected chi connectivity index (χ2v) is 8.96. The highest BCUT2D eigenvalue weighted by Crippen LogP contribution is 2.23. The first-order valence-corrected chi connectivity index (χ1v) is 10.9. The minimum absolute atomic E-state index is 0.0787. The first kappa shape index (κ1) is 22.8. The Labute approximate surface area is 171 Å². The molecule has 29 heavy (non-hydrogen) atoms. The topological polar surface area (TPSA) is 111 Å². The van der Waals surface area contributed by atoms with Crippen LogP contribution in [0.15, 0.2) is 23.1 Å². The molecule has 0 aliphatic heterocycles. The maximum Gasteiger partial charge on any atom is 0.306 e. The van der Waals surface area contributed by atoms with E-state index in [1.807, 2.05) is 4.57 Å². The molecule has 0 unspecified atom stereocenters. The predicted molar refractivity (Wildman–Crippen MR) is 109 cm³/mol. The van der Waals surface area contributed by atoms with Crippen molar-refractivity contribution in [2.75, 3.05) is 27.7 Å². The molecule has 1 amide bonds. The van der Waals surface area contributed by atoms with E-state index < -0.39 is 16.0 Å². The molecule has 1 heterocycles. The van der Waals surface area contributed by atoms with Crippen LogP contribution in [0.3, 0.4) is 0 Å². The molecule has 0 saturated heterocycles. The Morgan fingerprint density at radius 3 is 2.62 bits per heavy atom. The van der Waals surface area contributed by atoms with Crippen LogP contribution in [0, 0.1) is 0 Å². The van der Waals surface area contributed by atoms with E-state index in [1.165, 1.54) is 21.1 Å². The van der Waals surface area contributed by atoms with Gasteiger partial charge in [-0.3, -0.25) is 9.59 Å². The van der Waals surface area contributed by atoms with Gasteiger partial charge in [0.25, 0.3) is 5.91 Å². The average Bonchev–Trinajstić information content (AvgIpc) is 3.05. The van der Waals surface area contributed by atoms with E-state index in [1.54, 1.807) is 18.2 Å². The summed E-state index contributed by atoms with van der Waals surface area (Å²) in [4.78, 5) is 27.8. The summed E-state index contributed by atoms with van der Waals surface area (Å²) < 4.78 is 32.9. The third-order valence-electron chi connectivity index (χ3n) is 4.51. The Balaban J connectivity index is 2.28. The molecule has 2 rings (SSSR count). The Bertz CT molecular complexity index is 982. The SMILES string of the molecule is CCCCn1c(CCC(=O)OCC(=O)NC)nc2cc(S(=O)(=O)N(C)C)ccc21. The van der Waals surface area contributed by atoms with Crippen LogP contribution in [0.1, 0.15) is 32.0 Å². The molecule has 2 aromatic rings. The third-order valence-corrected chi connectivity index (χ3v) is 6.32. The predicted octanol–water partition coefficient (Wildman–Crippen LogP) is 1.31. The number of carbonyl (C=O) groups excluding carboxylic acids is 2. The highest BCUT2D eigenvalue weighted by Gasteiger charge is 2.20. The van der Waals surface area contributed by atoms with Crippen LogP contribution in [-0.4, -0.2) is 61.9 Å². The number of amides is 1. The Morgan fingerprint density at radius 1 is 1.28 bits per heavy atom. The number of fused-ring (bicyclic) bond motifs is 1. The summed E-state index contributed by atoms with van der Waals surface area (Å²) >= 11 is 0. The number of likely N-dealkylation sites (N-methyl/N-ethyl adjacent to an activating group) is 1. The number of aryl methyl sites for hydroxylation is 2. The Hall–Kier alpha value is -2.46. The highest BCUT2D eigenvalue weighted by molar-refractivity contribution is 7.89. The highest BCUT2D eigenvalue weighted by atomic mass is 32.2. The fourth-order valence-electron chi connectivity index (χ4n) is 2.79. The molecule has 9 nitrogen and oxygen atoms in total. The minimum Gasteiger partial charge on any atom is -0.456 e. The molecule has 1 N–H and O–H groups in total. The van der Waals surface area contributed by atoms with Crippen molar-refractivity contribution in [2.45, 2.75) is 44.0 Å². The largest absolute Gasteiger partial charge is 0.456 e. The van der Waals surface area contributed by atoms with Crippen LogP contribution >= 0.6 is 0 Å². The van der Waals surface area contributed by atoms with Crippen molar-refractivity contribution in [1.29, 1.82) is 0 Å². The van der Waals surface area contributed by atoms with Crippen molar-refractivity contribution in [2.24, 2.45) is 0 Å². The Kier molecular flexibility index (Phi) is 7.74. The van der Waals surface area contributed by atoms with Crippen molar-refractivity contribution in [3.63, 3.8) is 0 Å². The second-order valence-electron chi connectivity index (χ2n) is 6.81. The molecule has 1 aromatic carbocycles. The second kappa shape index (κ2) is 9.84.